The van der Waals surface area contributed by atoms with Gasteiger partial charge in [-0.2, -0.15) is 0 Å². The van der Waals surface area contributed by atoms with Gasteiger partial charge in [-0.3, -0.25) is 0 Å². The van der Waals surface area contributed by atoms with Crippen LogP contribution in [0, 0.1) is 20.8 Å². The van der Waals surface area contributed by atoms with Crippen LogP contribution in [0.5, 0.6) is 5.75 Å². The van der Waals surface area contributed by atoms with Crippen molar-refractivity contribution in [1.82, 2.24) is 14.9 Å². The second kappa shape index (κ2) is 5.67. The van der Waals surface area contributed by atoms with E-state index in [1.165, 1.54) is 22.7 Å². The van der Waals surface area contributed by atoms with Gasteiger partial charge in [-0.1, -0.05) is 10.6 Å². The monoisotopic (exact) mass is 277 g/mol. The highest BCUT2D eigenvalue weighted by Crippen LogP contribution is 2.35. The number of nitrogens with one attached hydrogen (secondary N) is 1. The zero-order valence-corrected chi connectivity index (χ0v) is 12.8. The Bertz CT molecular complexity index is 580. The quantitative estimate of drug-likeness (QED) is 0.933. The van der Waals surface area contributed by atoms with E-state index >= 15 is 0 Å². The first kappa shape index (κ1) is 14.0. The summed E-state index contributed by atoms with van der Waals surface area (Å²) < 4.78 is 9.58. The minimum Gasteiger partial charge on any atom is -0.496 e. The molecule has 0 fully saturated rings. The molecular weight excluding hydrogens is 258 g/mol. The van der Waals surface area contributed by atoms with Gasteiger partial charge in [-0.05, 0) is 56.5 Å². The summed E-state index contributed by atoms with van der Waals surface area (Å²) in [7, 11) is 3.66. The predicted octanol–water partition coefficient (Wildman–Crippen LogP) is 2.78. The van der Waals surface area contributed by atoms with Crippen LogP contribution in [0.3, 0.4) is 0 Å². The Balaban J connectivity index is 2.59. The van der Waals surface area contributed by atoms with Crippen molar-refractivity contribution in [2.75, 3.05) is 14.2 Å². The zero-order chi connectivity index (χ0) is 14.0. The normalized spacial score (nSPS) is 12.5. The topological polar surface area (TPSA) is 47.0 Å². The van der Waals surface area contributed by atoms with Gasteiger partial charge in [0, 0.05) is 5.56 Å². The molecule has 102 valence electrons. The number of aromatic nitrogens is 2. The van der Waals surface area contributed by atoms with Crippen molar-refractivity contribution in [3.8, 4) is 5.75 Å². The van der Waals surface area contributed by atoms with Crippen LogP contribution in [-0.2, 0) is 0 Å². The molecule has 0 radical (unpaired) electrons. The molecule has 0 aliphatic rings. The van der Waals surface area contributed by atoms with E-state index in [1.54, 1.807) is 7.11 Å². The standard InChI is InChI=1S/C14H19N3OS/c1-8-6-9(2)12(11(7-8)18-5)13(15-4)14-10(3)16-17-19-14/h6-7,13,15H,1-5H3. The van der Waals surface area contributed by atoms with E-state index in [2.05, 4.69) is 40.9 Å². The maximum Gasteiger partial charge on any atom is 0.124 e. The number of hydrogen-bond acceptors (Lipinski definition) is 5. The van der Waals surface area contributed by atoms with Gasteiger partial charge in [0.1, 0.15) is 5.75 Å². The molecule has 1 aromatic heterocycles. The summed E-state index contributed by atoms with van der Waals surface area (Å²) in [4.78, 5) is 1.13. The predicted molar refractivity (Wildman–Crippen MR) is 78.0 cm³/mol. The van der Waals surface area contributed by atoms with E-state index < -0.39 is 0 Å². The number of nitrogens with zero attached hydrogens (tertiary/aromatic N) is 2. The Labute approximate surface area is 118 Å². The molecule has 1 N–H and O–H groups in total. The number of hydrogen-bond donors (Lipinski definition) is 1. The lowest BCUT2D eigenvalue weighted by molar-refractivity contribution is 0.404. The van der Waals surface area contributed by atoms with Gasteiger partial charge in [0.25, 0.3) is 0 Å². The number of rotatable bonds is 4. The molecule has 0 aliphatic carbocycles. The van der Waals surface area contributed by atoms with Crippen LogP contribution < -0.4 is 10.1 Å². The Kier molecular flexibility index (Phi) is 4.17. The number of aryl methyl sites for hydroxylation is 3. The molecule has 0 saturated heterocycles. The van der Waals surface area contributed by atoms with Crippen molar-refractivity contribution in [3.05, 3.63) is 39.4 Å². The Morgan fingerprint density at radius 2 is 2.00 bits per heavy atom. The second-order valence-corrected chi connectivity index (χ2v) is 5.43. The number of methoxy groups -OCH3 is 1. The Morgan fingerprint density at radius 1 is 1.26 bits per heavy atom. The van der Waals surface area contributed by atoms with Crippen LogP contribution in [0.1, 0.15) is 33.3 Å². The van der Waals surface area contributed by atoms with Crippen LogP contribution in [0.25, 0.3) is 0 Å². The molecule has 1 atom stereocenters. The van der Waals surface area contributed by atoms with Gasteiger partial charge < -0.3 is 10.1 Å². The van der Waals surface area contributed by atoms with Crippen LogP contribution in [0.4, 0.5) is 0 Å². The average Bonchev–Trinajstić information content (AvgIpc) is 2.78. The summed E-state index contributed by atoms with van der Waals surface area (Å²) in [5, 5.41) is 7.45. The maximum absolute atomic E-state index is 5.55. The van der Waals surface area contributed by atoms with Gasteiger partial charge in [0.05, 0.1) is 23.7 Å². The van der Waals surface area contributed by atoms with Crippen molar-refractivity contribution in [3.63, 3.8) is 0 Å². The van der Waals surface area contributed by atoms with Gasteiger partial charge >= 0.3 is 0 Å². The van der Waals surface area contributed by atoms with E-state index in [9.17, 15) is 0 Å². The first-order valence-electron chi connectivity index (χ1n) is 6.19. The highest BCUT2D eigenvalue weighted by molar-refractivity contribution is 7.05. The van der Waals surface area contributed by atoms with Crippen LogP contribution in [0.15, 0.2) is 12.1 Å². The summed E-state index contributed by atoms with van der Waals surface area (Å²) in [6, 6.07) is 4.30. The molecule has 4 nitrogen and oxygen atoms in total. The van der Waals surface area contributed by atoms with E-state index in [-0.39, 0.29) is 6.04 Å². The minimum absolute atomic E-state index is 0.0653. The van der Waals surface area contributed by atoms with Gasteiger partial charge in [-0.15, -0.1) is 5.10 Å². The molecule has 0 bridgehead atoms. The second-order valence-electron chi connectivity index (χ2n) is 4.64. The highest BCUT2D eigenvalue weighted by atomic mass is 32.1. The Morgan fingerprint density at radius 3 is 2.53 bits per heavy atom. The molecule has 19 heavy (non-hydrogen) atoms. The zero-order valence-electron chi connectivity index (χ0n) is 11.9. The van der Waals surface area contributed by atoms with Crippen molar-refractivity contribution in [2.24, 2.45) is 0 Å². The van der Waals surface area contributed by atoms with Gasteiger partial charge in [0.15, 0.2) is 0 Å². The third-order valence-corrected chi connectivity index (χ3v) is 4.13. The lowest BCUT2D eigenvalue weighted by Crippen LogP contribution is -2.19. The fourth-order valence-electron chi connectivity index (χ4n) is 2.39. The first-order chi connectivity index (χ1) is 9.08. The summed E-state index contributed by atoms with van der Waals surface area (Å²) in [6.07, 6.45) is 0. The molecule has 0 spiro atoms. The molecule has 1 aromatic carbocycles. The van der Waals surface area contributed by atoms with E-state index in [0.717, 1.165) is 21.9 Å². The van der Waals surface area contributed by atoms with E-state index in [1.807, 2.05) is 14.0 Å². The molecule has 2 rings (SSSR count). The fourth-order valence-corrected chi connectivity index (χ4v) is 3.15. The van der Waals surface area contributed by atoms with Crippen LogP contribution in [0.2, 0.25) is 0 Å². The SMILES string of the molecule is CNC(c1snnc1C)c1c(C)cc(C)cc1OC. The van der Waals surface area contributed by atoms with Crippen LogP contribution >= 0.6 is 11.5 Å². The van der Waals surface area contributed by atoms with E-state index in [4.69, 9.17) is 4.74 Å². The summed E-state index contributed by atoms with van der Waals surface area (Å²) in [5.41, 5.74) is 4.53. The Hall–Kier alpha value is -1.46. The average molecular weight is 277 g/mol. The van der Waals surface area contributed by atoms with Crippen molar-refractivity contribution < 1.29 is 4.74 Å². The summed E-state index contributed by atoms with van der Waals surface area (Å²) in [5.74, 6) is 0.907. The highest BCUT2D eigenvalue weighted by Gasteiger charge is 2.23. The third-order valence-electron chi connectivity index (χ3n) is 3.24. The first-order valence-corrected chi connectivity index (χ1v) is 6.97. The summed E-state index contributed by atoms with van der Waals surface area (Å²) in [6.45, 7) is 6.17. The molecule has 0 aliphatic heterocycles. The summed E-state index contributed by atoms with van der Waals surface area (Å²) >= 11 is 1.43. The number of benzene rings is 1. The molecule has 1 unspecified atom stereocenters. The van der Waals surface area contributed by atoms with Gasteiger partial charge in [0.2, 0.25) is 0 Å². The molecule has 0 saturated carbocycles. The van der Waals surface area contributed by atoms with Crippen molar-refractivity contribution >= 4 is 11.5 Å². The third kappa shape index (κ3) is 2.62. The molecule has 5 heteroatoms. The molecule has 0 amide bonds. The largest absolute Gasteiger partial charge is 0.496 e. The maximum atomic E-state index is 5.55. The minimum atomic E-state index is 0.0653. The van der Waals surface area contributed by atoms with Crippen molar-refractivity contribution in [2.45, 2.75) is 26.8 Å². The fraction of sp³-hybridized carbons (Fsp3) is 0.429. The molecular formula is C14H19N3OS. The van der Waals surface area contributed by atoms with E-state index in [0.29, 0.717) is 0 Å². The smallest absolute Gasteiger partial charge is 0.124 e. The van der Waals surface area contributed by atoms with Crippen molar-refractivity contribution in [1.29, 1.82) is 0 Å². The number of ether oxygens (including phenoxy) is 1. The molecule has 2 aromatic rings. The lowest BCUT2D eigenvalue weighted by atomic mass is 9.96. The van der Waals surface area contributed by atoms with Crippen LogP contribution in [-0.4, -0.2) is 23.7 Å². The molecule has 1 heterocycles. The lowest BCUT2D eigenvalue weighted by Gasteiger charge is -2.21. The van der Waals surface area contributed by atoms with Gasteiger partial charge in [-0.25, -0.2) is 0 Å².